The van der Waals surface area contributed by atoms with Crippen molar-refractivity contribution < 1.29 is 18.3 Å². The monoisotopic (exact) mass is 432 g/mol. The Balaban J connectivity index is 1.67. The Bertz CT molecular complexity index is 1390. The third kappa shape index (κ3) is 3.32. The highest BCUT2D eigenvalue weighted by atomic mass is 32.2. The summed E-state index contributed by atoms with van der Waals surface area (Å²) in [6.45, 7) is 1.70. The van der Waals surface area contributed by atoms with E-state index in [1.165, 1.54) is 10.0 Å². The molecule has 0 unspecified atom stereocenters. The maximum Gasteiger partial charge on any atom is 0.335 e. The van der Waals surface area contributed by atoms with Crippen LogP contribution >= 0.6 is 0 Å². The summed E-state index contributed by atoms with van der Waals surface area (Å²) in [7, 11) is -3.83. The minimum absolute atomic E-state index is 0.145. The van der Waals surface area contributed by atoms with Crippen LogP contribution in [0.15, 0.2) is 83.8 Å². The second-order valence-electron chi connectivity index (χ2n) is 7.68. The maximum atomic E-state index is 13.6. The molecular formula is C24H20N2O4S. The topological polar surface area (TPSA) is 79.6 Å². The van der Waals surface area contributed by atoms with Gasteiger partial charge in [-0.1, -0.05) is 48.5 Å². The summed E-state index contributed by atoms with van der Waals surface area (Å²) < 4.78 is 28.6. The lowest BCUT2D eigenvalue weighted by Crippen LogP contribution is -2.20. The molecule has 0 saturated carbocycles. The van der Waals surface area contributed by atoms with Crippen LogP contribution in [0, 0.1) is 0 Å². The van der Waals surface area contributed by atoms with Crippen molar-refractivity contribution >= 4 is 26.9 Å². The Morgan fingerprint density at radius 3 is 2.26 bits per heavy atom. The minimum Gasteiger partial charge on any atom is -0.478 e. The van der Waals surface area contributed by atoms with Crippen molar-refractivity contribution in [1.82, 2.24) is 8.87 Å². The summed E-state index contributed by atoms with van der Waals surface area (Å²) in [6, 6.07) is 23.0. The van der Waals surface area contributed by atoms with E-state index in [1.54, 1.807) is 42.5 Å². The van der Waals surface area contributed by atoms with Crippen LogP contribution < -0.4 is 0 Å². The van der Waals surface area contributed by atoms with Gasteiger partial charge in [0.15, 0.2) is 0 Å². The zero-order valence-electron chi connectivity index (χ0n) is 16.6. The van der Waals surface area contributed by atoms with E-state index in [2.05, 4.69) is 4.90 Å². The number of aromatic carboxylic acids is 1. The third-order valence-electron chi connectivity index (χ3n) is 5.67. The van der Waals surface area contributed by atoms with Crippen molar-refractivity contribution in [3.63, 3.8) is 0 Å². The molecule has 6 nitrogen and oxygen atoms in total. The molecule has 0 atom stereocenters. The molecule has 4 aromatic rings. The molecule has 1 aliphatic heterocycles. The van der Waals surface area contributed by atoms with Crippen molar-refractivity contribution in [2.45, 2.75) is 24.5 Å². The highest BCUT2D eigenvalue weighted by Gasteiger charge is 2.32. The molecule has 1 aromatic heterocycles. The Morgan fingerprint density at radius 2 is 1.58 bits per heavy atom. The van der Waals surface area contributed by atoms with Gasteiger partial charge in [0.25, 0.3) is 10.0 Å². The summed E-state index contributed by atoms with van der Waals surface area (Å²) in [6.07, 6.45) is 0. The van der Waals surface area contributed by atoms with Crippen LogP contribution in [-0.2, 0) is 29.7 Å². The number of carboxylic acid groups (broad SMARTS) is 1. The summed E-state index contributed by atoms with van der Waals surface area (Å²) in [5.74, 6) is -1.03. The minimum atomic E-state index is -3.83. The fourth-order valence-electron chi connectivity index (χ4n) is 4.26. The van der Waals surface area contributed by atoms with Gasteiger partial charge < -0.3 is 5.11 Å². The van der Waals surface area contributed by atoms with E-state index in [4.69, 9.17) is 0 Å². The van der Waals surface area contributed by atoms with E-state index >= 15 is 0 Å². The number of fused-ring (bicyclic) bond motifs is 3. The van der Waals surface area contributed by atoms with Gasteiger partial charge in [-0.25, -0.2) is 17.2 Å². The van der Waals surface area contributed by atoms with Gasteiger partial charge in [0.2, 0.25) is 0 Å². The second-order valence-corrected chi connectivity index (χ2v) is 9.46. The number of carbonyl (C=O) groups is 1. The van der Waals surface area contributed by atoms with Crippen LogP contribution in [0.5, 0.6) is 0 Å². The lowest BCUT2D eigenvalue weighted by molar-refractivity contribution is 0.0697. The first-order valence-corrected chi connectivity index (χ1v) is 11.4. The molecule has 0 bridgehead atoms. The lowest BCUT2D eigenvalue weighted by Gasteiger charge is -2.17. The largest absolute Gasteiger partial charge is 0.478 e. The highest BCUT2D eigenvalue weighted by molar-refractivity contribution is 7.90. The Hall–Kier alpha value is -3.42. The van der Waals surface area contributed by atoms with E-state index in [0.717, 1.165) is 11.1 Å². The number of hydrogen-bond donors (Lipinski definition) is 1. The smallest absolute Gasteiger partial charge is 0.335 e. The van der Waals surface area contributed by atoms with Gasteiger partial charge in [-0.3, -0.25) is 4.90 Å². The van der Waals surface area contributed by atoms with Crippen molar-refractivity contribution in [3.05, 3.63) is 101 Å². The molecule has 1 N–H and O–H groups in total. The fourth-order valence-corrected chi connectivity index (χ4v) is 5.85. The normalized spacial score (nSPS) is 14.1. The average Bonchev–Trinajstić information content (AvgIpc) is 3.30. The molecule has 0 fully saturated rings. The van der Waals surface area contributed by atoms with E-state index in [0.29, 0.717) is 36.2 Å². The van der Waals surface area contributed by atoms with Crippen LogP contribution in [0.1, 0.15) is 27.2 Å². The third-order valence-corrected chi connectivity index (χ3v) is 7.43. The number of rotatable bonds is 5. The Labute approximate surface area is 180 Å². The molecule has 0 saturated heterocycles. The molecule has 3 aromatic carbocycles. The molecular weight excluding hydrogens is 412 g/mol. The molecule has 2 heterocycles. The Kier molecular flexibility index (Phi) is 4.64. The van der Waals surface area contributed by atoms with E-state index in [1.807, 2.05) is 30.3 Å². The van der Waals surface area contributed by atoms with Crippen LogP contribution in [0.25, 0.3) is 10.9 Å². The van der Waals surface area contributed by atoms with E-state index in [9.17, 15) is 18.3 Å². The van der Waals surface area contributed by atoms with Gasteiger partial charge in [-0.2, -0.15) is 0 Å². The van der Waals surface area contributed by atoms with Crippen molar-refractivity contribution in [1.29, 1.82) is 0 Å². The number of nitrogens with zero attached hydrogens (tertiary/aromatic N) is 2. The molecule has 1 aliphatic rings. The van der Waals surface area contributed by atoms with Crippen LogP contribution in [0.3, 0.4) is 0 Å². The van der Waals surface area contributed by atoms with E-state index in [-0.39, 0.29) is 10.5 Å². The fraction of sp³-hybridized carbons (Fsp3) is 0.125. The maximum absolute atomic E-state index is 13.6. The molecule has 5 rings (SSSR count). The first kappa shape index (κ1) is 19.5. The number of benzene rings is 3. The Morgan fingerprint density at radius 1 is 0.903 bits per heavy atom. The standard InChI is InChI=1S/C24H20N2O4S/c27-24(28)18-11-12-22-20(13-18)21-15-25(14-17-7-3-1-4-8-17)16-23(21)26(22)31(29,30)19-9-5-2-6-10-19/h1-13H,14-16H2,(H,27,28). The lowest BCUT2D eigenvalue weighted by atomic mass is 10.1. The second kappa shape index (κ2) is 7.37. The molecule has 31 heavy (non-hydrogen) atoms. The SMILES string of the molecule is O=C(O)c1ccc2c(c1)c1c(n2S(=O)(=O)c2ccccc2)CN(Cc2ccccc2)C1. The summed E-state index contributed by atoms with van der Waals surface area (Å²) in [4.78, 5) is 13.9. The summed E-state index contributed by atoms with van der Waals surface area (Å²) in [5.41, 5.74) is 3.36. The molecule has 0 amide bonds. The van der Waals surface area contributed by atoms with Crippen LogP contribution in [-0.4, -0.2) is 28.4 Å². The van der Waals surface area contributed by atoms with Gasteiger partial charge in [-0.15, -0.1) is 0 Å². The molecule has 0 aliphatic carbocycles. The number of carboxylic acids is 1. The zero-order chi connectivity index (χ0) is 21.6. The number of aromatic nitrogens is 1. The molecule has 0 radical (unpaired) electrons. The predicted molar refractivity (Wildman–Crippen MR) is 117 cm³/mol. The van der Waals surface area contributed by atoms with Gasteiger partial charge in [-0.05, 0) is 41.5 Å². The first-order chi connectivity index (χ1) is 14.9. The molecule has 156 valence electrons. The van der Waals surface area contributed by atoms with Gasteiger partial charge in [0, 0.05) is 25.0 Å². The summed E-state index contributed by atoms with van der Waals surface area (Å²) >= 11 is 0. The van der Waals surface area contributed by atoms with Gasteiger partial charge in [0.05, 0.1) is 21.7 Å². The van der Waals surface area contributed by atoms with Crippen LogP contribution in [0.2, 0.25) is 0 Å². The average molecular weight is 433 g/mol. The summed E-state index contributed by atoms with van der Waals surface area (Å²) in [5, 5.41) is 10.1. The van der Waals surface area contributed by atoms with Crippen molar-refractivity contribution in [3.8, 4) is 0 Å². The zero-order valence-corrected chi connectivity index (χ0v) is 17.4. The predicted octanol–water partition coefficient (Wildman–Crippen LogP) is 4.09. The highest BCUT2D eigenvalue weighted by Crippen LogP contribution is 2.37. The molecule has 0 spiro atoms. The van der Waals surface area contributed by atoms with Gasteiger partial charge >= 0.3 is 5.97 Å². The van der Waals surface area contributed by atoms with Crippen LogP contribution in [0.4, 0.5) is 0 Å². The molecule has 7 heteroatoms. The first-order valence-electron chi connectivity index (χ1n) is 9.91. The van der Waals surface area contributed by atoms with Gasteiger partial charge in [0.1, 0.15) is 0 Å². The number of hydrogen-bond acceptors (Lipinski definition) is 4. The quantitative estimate of drug-likeness (QED) is 0.514. The van der Waals surface area contributed by atoms with Crippen molar-refractivity contribution in [2.75, 3.05) is 0 Å². The van der Waals surface area contributed by atoms with Crippen molar-refractivity contribution in [2.24, 2.45) is 0 Å². The van der Waals surface area contributed by atoms with E-state index < -0.39 is 16.0 Å².